The molecule has 3 N–H and O–H groups in total. The van der Waals surface area contributed by atoms with Gasteiger partial charge in [-0.15, -0.1) is 0 Å². The Balaban J connectivity index is 1.78. The van der Waals surface area contributed by atoms with Crippen LogP contribution in [0.1, 0.15) is 34.3 Å². The van der Waals surface area contributed by atoms with Gasteiger partial charge in [0.05, 0.1) is 5.56 Å². The van der Waals surface area contributed by atoms with Crippen LogP contribution in [0.25, 0.3) is 0 Å². The van der Waals surface area contributed by atoms with Gasteiger partial charge in [0.15, 0.2) is 0 Å². The Labute approximate surface area is 160 Å². The van der Waals surface area contributed by atoms with E-state index >= 15 is 0 Å². The standard InChI is InChI=1S/C19H20BrN3O3/c1-12-7-8-13(2)16(11-12)21-17(24)9-10-18(25)22-23-19(26)14-5-3-4-6-15(14)20/h3-8,11H,9-10H2,1-2H3,(H,21,24)(H,22,25)(H,23,26). The smallest absolute Gasteiger partial charge is 0.270 e. The zero-order chi connectivity index (χ0) is 19.1. The van der Waals surface area contributed by atoms with Gasteiger partial charge in [-0.1, -0.05) is 24.3 Å². The molecule has 0 unspecified atom stereocenters. The highest BCUT2D eigenvalue weighted by molar-refractivity contribution is 9.10. The highest BCUT2D eigenvalue weighted by Crippen LogP contribution is 2.17. The predicted octanol–water partition coefficient (Wildman–Crippen LogP) is 3.25. The van der Waals surface area contributed by atoms with E-state index in [9.17, 15) is 14.4 Å². The van der Waals surface area contributed by atoms with Crippen LogP contribution in [0.3, 0.4) is 0 Å². The largest absolute Gasteiger partial charge is 0.326 e. The number of hydrogen-bond donors (Lipinski definition) is 3. The van der Waals surface area contributed by atoms with Crippen LogP contribution < -0.4 is 16.2 Å². The minimum absolute atomic E-state index is 0.0180. The Morgan fingerprint density at radius 3 is 2.35 bits per heavy atom. The molecule has 0 bridgehead atoms. The Kier molecular flexibility index (Phi) is 6.91. The van der Waals surface area contributed by atoms with E-state index in [1.54, 1.807) is 24.3 Å². The molecule has 26 heavy (non-hydrogen) atoms. The summed E-state index contributed by atoms with van der Waals surface area (Å²) >= 11 is 3.27. The van der Waals surface area contributed by atoms with Gasteiger partial charge >= 0.3 is 0 Å². The molecule has 0 atom stereocenters. The highest BCUT2D eigenvalue weighted by Gasteiger charge is 2.12. The van der Waals surface area contributed by atoms with Crippen LogP contribution in [-0.4, -0.2) is 17.7 Å². The van der Waals surface area contributed by atoms with Gasteiger partial charge in [-0.3, -0.25) is 25.2 Å². The number of nitrogens with one attached hydrogen (secondary N) is 3. The lowest BCUT2D eigenvalue weighted by molar-refractivity contribution is -0.124. The van der Waals surface area contributed by atoms with E-state index in [-0.39, 0.29) is 18.7 Å². The summed E-state index contributed by atoms with van der Waals surface area (Å²) in [6.07, 6.45) is -0.0168. The van der Waals surface area contributed by atoms with E-state index in [0.29, 0.717) is 10.0 Å². The number of anilines is 1. The maximum atomic E-state index is 12.0. The molecular formula is C19H20BrN3O3. The van der Waals surface area contributed by atoms with Crippen LogP contribution in [0, 0.1) is 13.8 Å². The van der Waals surface area contributed by atoms with Crippen LogP contribution in [0.5, 0.6) is 0 Å². The van der Waals surface area contributed by atoms with Crippen LogP contribution in [0.15, 0.2) is 46.9 Å². The van der Waals surface area contributed by atoms with E-state index in [1.807, 2.05) is 32.0 Å². The van der Waals surface area contributed by atoms with Crippen LogP contribution in [0.4, 0.5) is 5.69 Å². The second-order valence-electron chi connectivity index (χ2n) is 5.85. The molecule has 6 nitrogen and oxygen atoms in total. The third kappa shape index (κ3) is 5.70. The fourth-order valence-electron chi connectivity index (χ4n) is 2.21. The zero-order valence-corrected chi connectivity index (χ0v) is 16.1. The molecule has 3 amide bonds. The molecule has 0 aliphatic heterocycles. The van der Waals surface area contributed by atoms with Crippen molar-refractivity contribution in [2.24, 2.45) is 0 Å². The molecular weight excluding hydrogens is 398 g/mol. The lowest BCUT2D eigenvalue weighted by Gasteiger charge is -2.10. The number of aryl methyl sites for hydroxylation is 2. The van der Waals surface area contributed by atoms with Crippen molar-refractivity contribution in [2.75, 3.05) is 5.32 Å². The molecule has 136 valence electrons. The van der Waals surface area contributed by atoms with Crippen molar-refractivity contribution in [2.45, 2.75) is 26.7 Å². The number of hydrazine groups is 1. The maximum absolute atomic E-state index is 12.0. The third-order valence-corrected chi connectivity index (χ3v) is 4.37. The van der Waals surface area contributed by atoms with Gasteiger partial charge in [-0.25, -0.2) is 0 Å². The molecule has 0 aliphatic carbocycles. The predicted molar refractivity (Wildman–Crippen MR) is 104 cm³/mol. The first kappa shape index (κ1) is 19.7. The van der Waals surface area contributed by atoms with Gasteiger partial charge in [0.1, 0.15) is 0 Å². The second-order valence-corrected chi connectivity index (χ2v) is 6.70. The van der Waals surface area contributed by atoms with E-state index in [0.717, 1.165) is 16.8 Å². The molecule has 7 heteroatoms. The number of amides is 3. The summed E-state index contributed by atoms with van der Waals surface area (Å²) in [6.45, 7) is 3.84. The fraction of sp³-hybridized carbons (Fsp3) is 0.211. The molecule has 0 saturated heterocycles. The third-order valence-electron chi connectivity index (χ3n) is 3.68. The van der Waals surface area contributed by atoms with Crippen molar-refractivity contribution >= 4 is 39.3 Å². The fourth-order valence-corrected chi connectivity index (χ4v) is 2.68. The van der Waals surface area contributed by atoms with Gasteiger partial charge in [0.25, 0.3) is 5.91 Å². The van der Waals surface area contributed by atoms with Crippen LogP contribution >= 0.6 is 15.9 Å². The summed E-state index contributed by atoms with van der Waals surface area (Å²) in [4.78, 5) is 35.8. The van der Waals surface area contributed by atoms with E-state index in [4.69, 9.17) is 0 Å². The summed E-state index contributed by atoms with van der Waals surface area (Å²) in [5, 5.41) is 2.79. The monoisotopic (exact) mass is 417 g/mol. The summed E-state index contributed by atoms with van der Waals surface area (Å²) in [7, 11) is 0. The van der Waals surface area contributed by atoms with Gasteiger partial charge in [0.2, 0.25) is 11.8 Å². The molecule has 0 spiro atoms. The zero-order valence-electron chi connectivity index (χ0n) is 14.6. The summed E-state index contributed by atoms with van der Waals surface area (Å²) < 4.78 is 0.625. The lowest BCUT2D eigenvalue weighted by Crippen LogP contribution is -2.41. The van der Waals surface area contributed by atoms with Crippen LogP contribution in [-0.2, 0) is 9.59 Å². The first-order valence-corrected chi connectivity index (χ1v) is 8.87. The molecule has 0 radical (unpaired) electrons. The molecule has 0 saturated carbocycles. The topological polar surface area (TPSA) is 87.3 Å². The van der Waals surface area contributed by atoms with E-state index in [2.05, 4.69) is 32.1 Å². The van der Waals surface area contributed by atoms with Gasteiger partial charge < -0.3 is 5.32 Å². The molecule has 2 aromatic rings. The lowest BCUT2D eigenvalue weighted by atomic mass is 10.1. The minimum Gasteiger partial charge on any atom is -0.326 e. The molecule has 0 fully saturated rings. The second kappa shape index (κ2) is 9.15. The molecule has 0 heterocycles. The maximum Gasteiger partial charge on any atom is 0.270 e. The molecule has 0 aliphatic rings. The highest BCUT2D eigenvalue weighted by atomic mass is 79.9. The molecule has 0 aromatic heterocycles. The first-order valence-electron chi connectivity index (χ1n) is 8.07. The van der Waals surface area contributed by atoms with Gasteiger partial charge in [-0.2, -0.15) is 0 Å². The van der Waals surface area contributed by atoms with Crippen molar-refractivity contribution in [1.82, 2.24) is 10.9 Å². The van der Waals surface area contributed by atoms with Crippen molar-refractivity contribution in [3.63, 3.8) is 0 Å². The number of carbonyl (C=O) groups is 3. The number of carbonyl (C=O) groups excluding carboxylic acids is 3. The normalized spacial score (nSPS) is 10.1. The first-order chi connectivity index (χ1) is 12.4. The van der Waals surface area contributed by atoms with Gasteiger partial charge in [-0.05, 0) is 59.1 Å². The van der Waals surface area contributed by atoms with E-state index < -0.39 is 11.8 Å². The molecule has 2 rings (SSSR count). The van der Waals surface area contributed by atoms with Crippen molar-refractivity contribution in [3.8, 4) is 0 Å². The van der Waals surface area contributed by atoms with Crippen molar-refractivity contribution in [3.05, 3.63) is 63.6 Å². The minimum atomic E-state index is -0.443. The average Bonchev–Trinajstić information content (AvgIpc) is 2.61. The number of hydrogen-bond acceptors (Lipinski definition) is 3. The van der Waals surface area contributed by atoms with Crippen molar-refractivity contribution < 1.29 is 14.4 Å². The Hall–Kier alpha value is -2.67. The van der Waals surface area contributed by atoms with E-state index in [1.165, 1.54) is 0 Å². The Morgan fingerprint density at radius 1 is 0.923 bits per heavy atom. The number of benzene rings is 2. The number of halogens is 1. The SMILES string of the molecule is Cc1ccc(C)c(NC(=O)CCC(=O)NNC(=O)c2ccccc2Br)c1. The Morgan fingerprint density at radius 2 is 1.62 bits per heavy atom. The number of rotatable bonds is 5. The summed E-state index contributed by atoms with van der Waals surface area (Å²) in [5.41, 5.74) is 7.77. The van der Waals surface area contributed by atoms with Crippen LogP contribution in [0.2, 0.25) is 0 Å². The van der Waals surface area contributed by atoms with Crippen molar-refractivity contribution in [1.29, 1.82) is 0 Å². The average molecular weight is 418 g/mol. The summed E-state index contributed by atoms with van der Waals surface area (Å²) in [5.74, 6) is -1.14. The quantitative estimate of drug-likeness (QED) is 0.652. The van der Waals surface area contributed by atoms with Gasteiger partial charge in [0, 0.05) is 23.0 Å². The molecule has 2 aromatic carbocycles. The Bertz CT molecular complexity index is 837. The summed E-state index contributed by atoms with van der Waals surface area (Å²) in [6, 6.07) is 12.6.